The molecular formula is C11H24N2O. The van der Waals surface area contributed by atoms with Gasteiger partial charge in [0.15, 0.2) is 0 Å². The van der Waals surface area contributed by atoms with Crippen LogP contribution in [0.3, 0.4) is 0 Å². The normalized spacial score (nSPS) is 16.0. The summed E-state index contributed by atoms with van der Waals surface area (Å²) in [5.74, 6) is 0.646. The molecule has 0 aliphatic rings. The summed E-state index contributed by atoms with van der Waals surface area (Å²) in [5, 5.41) is 0. The lowest BCUT2D eigenvalue weighted by atomic mass is 9.95. The van der Waals surface area contributed by atoms with Gasteiger partial charge >= 0.3 is 0 Å². The molecule has 0 heterocycles. The monoisotopic (exact) mass is 200 g/mol. The van der Waals surface area contributed by atoms with Crippen molar-refractivity contribution in [3.8, 4) is 0 Å². The molecule has 0 spiro atoms. The Bertz CT molecular complexity index is 160. The Morgan fingerprint density at radius 1 is 0.929 bits per heavy atom. The number of hydrogen-bond acceptors (Lipinski definition) is 3. The fraction of sp³-hybridized carbons (Fsp3) is 0.909. The van der Waals surface area contributed by atoms with E-state index in [-0.39, 0.29) is 11.8 Å². The zero-order valence-corrected chi connectivity index (χ0v) is 10.4. The smallest absolute Gasteiger partial charge is 0.141 e. The second kappa shape index (κ2) is 6.14. The maximum atomic E-state index is 11.9. The molecule has 3 heteroatoms. The molecule has 0 aromatic rings. The summed E-state index contributed by atoms with van der Waals surface area (Å²) >= 11 is 0. The lowest BCUT2D eigenvalue weighted by molar-refractivity contribution is -0.126. The Balaban J connectivity index is 4.04. The van der Waals surface area contributed by atoms with Gasteiger partial charge in [0.05, 0.1) is 0 Å². The second-order valence-electron chi connectivity index (χ2n) is 4.73. The summed E-state index contributed by atoms with van der Waals surface area (Å²) in [5.41, 5.74) is 0. The predicted molar refractivity (Wildman–Crippen MR) is 60.4 cm³/mol. The molecule has 84 valence electrons. The molecule has 0 aromatic carbocycles. The van der Waals surface area contributed by atoms with E-state index in [2.05, 4.69) is 9.80 Å². The van der Waals surface area contributed by atoms with Gasteiger partial charge in [-0.15, -0.1) is 0 Å². The maximum absolute atomic E-state index is 11.9. The van der Waals surface area contributed by atoms with Crippen LogP contribution in [0.5, 0.6) is 0 Å². The molecular weight excluding hydrogens is 176 g/mol. The molecule has 0 saturated carbocycles. The highest BCUT2D eigenvalue weighted by molar-refractivity contribution is 5.83. The summed E-state index contributed by atoms with van der Waals surface area (Å²) in [6, 6.07) is 0. The van der Waals surface area contributed by atoms with Crippen molar-refractivity contribution in [2.75, 3.05) is 41.3 Å². The van der Waals surface area contributed by atoms with Gasteiger partial charge in [-0.25, -0.2) is 0 Å². The van der Waals surface area contributed by atoms with Crippen LogP contribution in [0.1, 0.15) is 13.8 Å². The van der Waals surface area contributed by atoms with Gasteiger partial charge < -0.3 is 9.80 Å². The SMILES string of the molecule is CC(CN(C)C)C(=O)C(C)CN(C)C. The number of nitrogens with zero attached hydrogens (tertiary/aromatic N) is 2. The summed E-state index contributed by atoms with van der Waals surface area (Å²) < 4.78 is 0. The third-order valence-electron chi connectivity index (χ3n) is 2.25. The van der Waals surface area contributed by atoms with Crippen LogP contribution in [-0.4, -0.2) is 56.9 Å². The maximum Gasteiger partial charge on any atom is 0.141 e. The van der Waals surface area contributed by atoms with Gasteiger partial charge in [-0.2, -0.15) is 0 Å². The van der Waals surface area contributed by atoms with E-state index in [9.17, 15) is 4.79 Å². The number of rotatable bonds is 6. The van der Waals surface area contributed by atoms with Crippen LogP contribution in [0, 0.1) is 11.8 Å². The van der Waals surface area contributed by atoms with Gasteiger partial charge in [0.2, 0.25) is 0 Å². The minimum Gasteiger partial charge on any atom is -0.309 e. The van der Waals surface area contributed by atoms with Crippen molar-refractivity contribution in [1.29, 1.82) is 0 Å². The van der Waals surface area contributed by atoms with Crippen molar-refractivity contribution in [3.63, 3.8) is 0 Å². The van der Waals surface area contributed by atoms with Crippen molar-refractivity contribution >= 4 is 5.78 Å². The number of ketones is 1. The zero-order chi connectivity index (χ0) is 11.3. The van der Waals surface area contributed by atoms with E-state index in [4.69, 9.17) is 0 Å². The third kappa shape index (κ3) is 5.35. The minimum atomic E-state index is 0.139. The Labute approximate surface area is 88.1 Å². The Kier molecular flexibility index (Phi) is 5.96. The van der Waals surface area contributed by atoms with Crippen molar-refractivity contribution in [1.82, 2.24) is 9.80 Å². The number of carbonyl (C=O) groups is 1. The van der Waals surface area contributed by atoms with Crippen LogP contribution >= 0.6 is 0 Å². The van der Waals surface area contributed by atoms with E-state index in [1.54, 1.807) is 0 Å². The molecule has 14 heavy (non-hydrogen) atoms. The average Bonchev–Trinajstić information content (AvgIpc) is 2.00. The average molecular weight is 200 g/mol. The first kappa shape index (κ1) is 13.6. The molecule has 0 rings (SSSR count). The Morgan fingerprint density at radius 3 is 1.43 bits per heavy atom. The number of carbonyl (C=O) groups excluding carboxylic acids is 1. The van der Waals surface area contributed by atoms with Gasteiger partial charge in [0.1, 0.15) is 5.78 Å². The van der Waals surface area contributed by atoms with Crippen molar-refractivity contribution < 1.29 is 4.79 Å². The number of hydrogen-bond donors (Lipinski definition) is 0. The second-order valence-corrected chi connectivity index (χ2v) is 4.73. The molecule has 0 fully saturated rings. The van der Waals surface area contributed by atoms with Crippen LogP contribution < -0.4 is 0 Å². The van der Waals surface area contributed by atoms with E-state index >= 15 is 0 Å². The first-order chi connectivity index (χ1) is 6.34. The van der Waals surface area contributed by atoms with E-state index in [1.165, 1.54) is 0 Å². The third-order valence-corrected chi connectivity index (χ3v) is 2.25. The molecule has 0 aromatic heterocycles. The first-order valence-electron chi connectivity index (χ1n) is 5.17. The molecule has 3 nitrogen and oxygen atoms in total. The van der Waals surface area contributed by atoms with E-state index < -0.39 is 0 Å². The van der Waals surface area contributed by atoms with Crippen LogP contribution in [0.2, 0.25) is 0 Å². The van der Waals surface area contributed by atoms with Crippen LogP contribution in [0.25, 0.3) is 0 Å². The summed E-state index contributed by atoms with van der Waals surface area (Å²) in [6.45, 7) is 5.70. The molecule has 0 radical (unpaired) electrons. The van der Waals surface area contributed by atoms with Crippen molar-refractivity contribution in [2.45, 2.75) is 13.8 Å². The molecule has 0 bridgehead atoms. The van der Waals surface area contributed by atoms with Gasteiger partial charge in [0, 0.05) is 24.9 Å². The fourth-order valence-electron chi connectivity index (χ4n) is 1.76. The molecule has 0 amide bonds. The largest absolute Gasteiger partial charge is 0.309 e. The van der Waals surface area contributed by atoms with Gasteiger partial charge in [-0.05, 0) is 28.2 Å². The van der Waals surface area contributed by atoms with Crippen molar-refractivity contribution in [2.24, 2.45) is 11.8 Å². The zero-order valence-electron chi connectivity index (χ0n) is 10.4. The quantitative estimate of drug-likeness (QED) is 0.638. The van der Waals surface area contributed by atoms with Crippen LogP contribution in [-0.2, 0) is 4.79 Å². The van der Waals surface area contributed by atoms with Crippen LogP contribution in [0.15, 0.2) is 0 Å². The molecule has 2 atom stereocenters. The van der Waals surface area contributed by atoms with Gasteiger partial charge in [-0.1, -0.05) is 13.8 Å². The lowest BCUT2D eigenvalue weighted by Gasteiger charge is -2.21. The first-order valence-corrected chi connectivity index (χ1v) is 5.17. The van der Waals surface area contributed by atoms with Gasteiger partial charge in [-0.3, -0.25) is 4.79 Å². The van der Waals surface area contributed by atoms with E-state index in [0.717, 1.165) is 13.1 Å². The molecule has 0 N–H and O–H groups in total. The highest BCUT2D eigenvalue weighted by Crippen LogP contribution is 2.08. The van der Waals surface area contributed by atoms with E-state index in [0.29, 0.717) is 5.78 Å². The summed E-state index contributed by atoms with van der Waals surface area (Å²) in [4.78, 5) is 16.0. The highest BCUT2D eigenvalue weighted by atomic mass is 16.1. The highest BCUT2D eigenvalue weighted by Gasteiger charge is 2.20. The minimum absolute atomic E-state index is 0.139. The van der Waals surface area contributed by atoms with Gasteiger partial charge in [0.25, 0.3) is 0 Å². The standard InChI is InChI=1S/C11H24N2O/c1-9(7-12(3)4)11(14)10(2)8-13(5)6/h9-10H,7-8H2,1-6H3. The van der Waals surface area contributed by atoms with Crippen LogP contribution in [0.4, 0.5) is 0 Å². The Hall–Kier alpha value is -0.410. The number of Topliss-reactive ketones (excluding diaryl/α,β-unsaturated/α-hetero) is 1. The predicted octanol–water partition coefficient (Wildman–Crippen LogP) is 0.951. The molecule has 2 unspecified atom stereocenters. The summed E-state index contributed by atoms with van der Waals surface area (Å²) in [6.07, 6.45) is 0. The van der Waals surface area contributed by atoms with E-state index in [1.807, 2.05) is 42.0 Å². The molecule has 0 saturated heterocycles. The topological polar surface area (TPSA) is 23.6 Å². The Morgan fingerprint density at radius 2 is 1.21 bits per heavy atom. The molecule has 0 aliphatic heterocycles. The molecule has 0 aliphatic carbocycles. The summed E-state index contributed by atoms with van der Waals surface area (Å²) in [7, 11) is 8.00. The lowest BCUT2D eigenvalue weighted by Crippen LogP contribution is -2.33. The van der Waals surface area contributed by atoms with Crippen molar-refractivity contribution in [3.05, 3.63) is 0 Å². The fourth-order valence-corrected chi connectivity index (χ4v) is 1.76.